The average Bonchev–Trinajstić information content (AvgIpc) is 1.97. The predicted molar refractivity (Wildman–Crippen MR) is 49.2 cm³/mol. The Morgan fingerprint density at radius 2 is 1.62 bits per heavy atom. The molecule has 0 rings (SSSR count). The minimum absolute atomic E-state index is 0.0970. The molecule has 0 radical (unpaired) electrons. The smallest absolute Gasteiger partial charge is 0.326 e. The van der Waals surface area contributed by atoms with E-state index in [2.05, 4.69) is 5.32 Å². The molecule has 0 saturated carbocycles. The van der Waals surface area contributed by atoms with E-state index in [4.69, 9.17) is 5.11 Å². The first-order valence-electron chi connectivity index (χ1n) is 4.39. The first kappa shape index (κ1) is 11.9. The van der Waals surface area contributed by atoms with Crippen molar-refractivity contribution in [3.8, 4) is 0 Å². The van der Waals surface area contributed by atoms with Gasteiger partial charge in [-0.25, -0.2) is 4.79 Å². The van der Waals surface area contributed by atoms with E-state index < -0.39 is 12.0 Å². The molecule has 0 aromatic carbocycles. The Kier molecular flexibility index (Phi) is 4.45. The molecule has 1 amide bonds. The van der Waals surface area contributed by atoms with Gasteiger partial charge in [0.1, 0.15) is 6.04 Å². The van der Waals surface area contributed by atoms with Crippen LogP contribution in [-0.4, -0.2) is 23.0 Å². The van der Waals surface area contributed by atoms with Crippen LogP contribution in [0.2, 0.25) is 0 Å². The second kappa shape index (κ2) is 4.84. The van der Waals surface area contributed by atoms with E-state index in [1.807, 2.05) is 0 Å². The summed E-state index contributed by atoms with van der Waals surface area (Å²) >= 11 is 0. The van der Waals surface area contributed by atoms with Crippen LogP contribution in [0, 0.1) is 11.8 Å². The maximum Gasteiger partial charge on any atom is 0.326 e. The SMILES string of the molecule is CC(C)C(=O)NC(C(=O)O)C(C)C. The van der Waals surface area contributed by atoms with E-state index in [1.165, 1.54) is 0 Å². The number of carbonyl (C=O) groups is 2. The minimum atomic E-state index is -0.982. The largest absolute Gasteiger partial charge is 0.480 e. The summed E-state index contributed by atoms with van der Waals surface area (Å²) in [4.78, 5) is 21.9. The van der Waals surface area contributed by atoms with Crippen LogP contribution < -0.4 is 5.32 Å². The first-order chi connectivity index (χ1) is 5.86. The summed E-state index contributed by atoms with van der Waals surface area (Å²) < 4.78 is 0. The highest BCUT2D eigenvalue weighted by molar-refractivity contribution is 5.84. The van der Waals surface area contributed by atoms with Gasteiger partial charge in [0.05, 0.1) is 0 Å². The maximum atomic E-state index is 11.2. The third-order valence-electron chi connectivity index (χ3n) is 1.75. The van der Waals surface area contributed by atoms with Crippen LogP contribution in [0.25, 0.3) is 0 Å². The molecule has 0 aliphatic heterocycles. The van der Waals surface area contributed by atoms with Crippen molar-refractivity contribution in [2.24, 2.45) is 11.8 Å². The molecule has 0 aromatic heterocycles. The summed E-state index contributed by atoms with van der Waals surface area (Å²) in [6.45, 7) is 6.99. The molecule has 0 bridgehead atoms. The predicted octanol–water partition coefficient (Wildman–Crippen LogP) is 0.868. The second-order valence-corrected chi connectivity index (χ2v) is 3.72. The maximum absolute atomic E-state index is 11.2. The Hall–Kier alpha value is -1.06. The zero-order chi connectivity index (χ0) is 10.6. The van der Waals surface area contributed by atoms with Crippen molar-refractivity contribution < 1.29 is 14.7 Å². The number of carbonyl (C=O) groups excluding carboxylic acids is 1. The van der Waals surface area contributed by atoms with Gasteiger partial charge in [0, 0.05) is 5.92 Å². The molecule has 0 fully saturated rings. The zero-order valence-corrected chi connectivity index (χ0v) is 8.50. The molecule has 4 nitrogen and oxygen atoms in total. The van der Waals surface area contributed by atoms with Crippen molar-refractivity contribution in [3.05, 3.63) is 0 Å². The molecule has 0 heterocycles. The lowest BCUT2D eigenvalue weighted by Crippen LogP contribution is -2.45. The highest BCUT2D eigenvalue weighted by Gasteiger charge is 2.23. The number of hydrogen-bond acceptors (Lipinski definition) is 2. The molecule has 13 heavy (non-hydrogen) atoms. The van der Waals surface area contributed by atoms with Gasteiger partial charge in [0.2, 0.25) is 5.91 Å². The van der Waals surface area contributed by atoms with Crippen molar-refractivity contribution in [1.82, 2.24) is 5.32 Å². The summed E-state index contributed by atoms with van der Waals surface area (Å²) in [7, 11) is 0. The van der Waals surface area contributed by atoms with Crippen LogP contribution in [0.1, 0.15) is 27.7 Å². The summed E-state index contributed by atoms with van der Waals surface area (Å²) in [5.74, 6) is -1.48. The van der Waals surface area contributed by atoms with Crippen molar-refractivity contribution in [1.29, 1.82) is 0 Å². The number of carboxylic acid groups (broad SMARTS) is 1. The van der Waals surface area contributed by atoms with Crippen molar-refractivity contribution in [2.45, 2.75) is 33.7 Å². The third-order valence-corrected chi connectivity index (χ3v) is 1.75. The normalized spacial score (nSPS) is 13.1. The highest BCUT2D eigenvalue weighted by Crippen LogP contribution is 2.03. The molecule has 1 unspecified atom stereocenters. The van der Waals surface area contributed by atoms with Crippen LogP contribution >= 0.6 is 0 Å². The molecule has 0 aliphatic carbocycles. The van der Waals surface area contributed by atoms with Gasteiger partial charge in [-0.15, -0.1) is 0 Å². The van der Waals surface area contributed by atoms with Crippen molar-refractivity contribution >= 4 is 11.9 Å². The number of rotatable bonds is 4. The van der Waals surface area contributed by atoms with Gasteiger partial charge in [-0.05, 0) is 5.92 Å². The van der Waals surface area contributed by atoms with Gasteiger partial charge in [-0.3, -0.25) is 4.79 Å². The van der Waals surface area contributed by atoms with Crippen LogP contribution in [-0.2, 0) is 9.59 Å². The molecular formula is C9H17NO3. The Morgan fingerprint density at radius 1 is 1.15 bits per heavy atom. The zero-order valence-electron chi connectivity index (χ0n) is 8.50. The van der Waals surface area contributed by atoms with Crippen LogP contribution in [0.3, 0.4) is 0 Å². The molecule has 76 valence electrons. The van der Waals surface area contributed by atoms with Gasteiger partial charge in [0.25, 0.3) is 0 Å². The number of nitrogens with one attached hydrogen (secondary N) is 1. The minimum Gasteiger partial charge on any atom is -0.480 e. The summed E-state index contributed by atoms with van der Waals surface area (Å²) in [6, 6.07) is -0.782. The van der Waals surface area contributed by atoms with Gasteiger partial charge >= 0.3 is 5.97 Å². The molecule has 0 saturated heterocycles. The topological polar surface area (TPSA) is 66.4 Å². The lowest BCUT2D eigenvalue weighted by molar-refractivity contribution is -0.143. The number of amides is 1. The van der Waals surface area contributed by atoms with Gasteiger partial charge < -0.3 is 10.4 Å². The number of hydrogen-bond donors (Lipinski definition) is 2. The monoisotopic (exact) mass is 187 g/mol. The highest BCUT2D eigenvalue weighted by atomic mass is 16.4. The van der Waals surface area contributed by atoms with Gasteiger partial charge in [0.15, 0.2) is 0 Å². The van der Waals surface area contributed by atoms with E-state index >= 15 is 0 Å². The van der Waals surface area contributed by atoms with Crippen LogP contribution in [0.5, 0.6) is 0 Å². The Morgan fingerprint density at radius 3 is 1.85 bits per heavy atom. The van der Waals surface area contributed by atoms with E-state index in [-0.39, 0.29) is 17.7 Å². The average molecular weight is 187 g/mol. The molecule has 0 aromatic rings. The Bertz CT molecular complexity index is 199. The van der Waals surface area contributed by atoms with E-state index in [9.17, 15) is 9.59 Å². The third kappa shape index (κ3) is 3.92. The fourth-order valence-corrected chi connectivity index (χ4v) is 0.833. The molecule has 1 atom stereocenters. The molecule has 4 heteroatoms. The fourth-order valence-electron chi connectivity index (χ4n) is 0.833. The lowest BCUT2D eigenvalue weighted by Gasteiger charge is -2.18. The lowest BCUT2D eigenvalue weighted by atomic mass is 10.0. The summed E-state index contributed by atoms with van der Waals surface area (Å²) in [5.41, 5.74) is 0. The molecule has 0 aliphatic rings. The molecule has 2 N–H and O–H groups in total. The second-order valence-electron chi connectivity index (χ2n) is 3.72. The van der Waals surface area contributed by atoms with Gasteiger partial charge in [-0.1, -0.05) is 27.7 Å². The van der Waals surface area contributed by atoms with Crippen molar-refractivity contribution in [3.63, 3.8) is 0 Å². The Balaban J connectivity index is 4.27. The van der Waals surface area contributed by atoms with E-state index in [0.29, 0.717) is 0 Å². The standard InChI is InChI=1S/C9H17NO3/c1-5(2)7(9(12)13)10-8(11)6(3)4/h5-7H,1-4H3,(H,10,11)(H,12,13). The summed E-state index contributed by atoms with van der Waals surface area (Å²) in [5, 5.41) is 11.2. The fraction of sp³-hybridized carbons (Fsp3) is 0.778. The molecular weight excluding hydrogens is 170 g/mol. The Labute approximate surface area is 78.3 Å². The number of carboxylic acids is 1. The first-order valence-corrected chi connectivity index (χ1v) is 4.39. The summed E-state index contributed by atoms with van der Waals surface area (Å²) in [6.07, 6.45) is 0. The van der Waals surface area contributed by atoms with Crippen LogP contribution in [0.15, 0.2) is 0 Å². The van der Waals surface area contributed by atoms with Crippen molar-refractivity contribution in [2.75, 3.05) is 0 Å². The van der Waals surface area contributed by atoms with E-state index in [0.717, 1.165) is 0 Å². The quantitative estimate of drug-likeness (QED) is 0.686. The molecule has 0 spiro atoms. The number of aliphatic carboxylic acids is 1. The van der Waals surface area contributed by atoms with E-state index in [1.54, 1.807) is 27.7 Å². The van der Waals surface area contributed by atoms with Crippen LogP contribution in [0.4, 0.5) is 0 Å². The van der Waals surface area contributed by atoms with Gasteiger partial charge in [-0.2, -0.15) is 0 Å².